The van der Waals surface area contributed by atoms with Crippen molar-refractivity contribution in [2.75, 3.05) is 0 Å². The summed E-state index contributed by atoms with van der Waals surface area (Å²) in [7, 11) is 0. The van der Waals surface area contributed by atoms with Crippen molar-refractivity contribution in [2.24, 2.45) is 0 Å². The van der Waals surface area contributed by atoms with Crippen molar-refractivity contribution in [3.8, 4) is 0 Å². The smallest absolute Gasteiger partial charge is 0.307 e. The fourth-order valence-electron chi connectivity index (χ4n) is 2.08. The highest BCUT2D eigenvalue weighted by molar-refractivity contribution is 6.02. The molecule has 0 aromatic carbocycles. The summed E-state index contributed by atoms with van der Waals surface area (Å²) in [5, 5.41) is 0. The first-order valence-corrected chi connectivity index (χ1v) is 4.32. The normalized spacial score (nSPS) is 46.5. The van der Waals surface area contributed by atoms with Gasteiger partial charge in [0.25, 0.3) is 0 Å². The minimum absolute atomic E-state index is 0.0106. The van der Waals surface area contributed by atoms with Gasteiger partial charge >= 0.3 is 5.97 Å². The Labute approximate surface area is 74.5 Å². The van der Waals surface area contributed by atoms with E-state index in [0.29, 0.717) is 12.8 Å². The molecule has 3 rings (SSSR count). The zero-order chi connectivity index (χ0) is 9.05. The highest BCUT2D eigenvalue weighted by Crippen LogP contribution is 2.45. The maximum absolute atomic E-state index is 11.6. The summed E-state index contributed by atoms with van der Waals surface area (Å²) in [6.07, 6.45) is 3.76. The van der Waals surface area contributed by atoms with E-state index in [2.05, 4.69) is 0 Å². The van der Waals surface area contributed by atoms with Crippen molar-refractivity contribution in [1.29, 1.82) is 0 Å². The van der Waals surface area contributed by atoms with Crippen molar-refractivity contribution < 1.29 is 19.1 Å². The average Bonchev–Trinajstić information content (AvgIpc) is 2.80. The van der Waals surface area contributed by atoms with E-state index in [4.69, 9.17) is 9.47 Å². The van der Waals surface area contributed by atoms with Crippen LogP contribution in [0.25, 0.3) is 0 Å². The predicted octanol–water partition coefficient (Wildman–Crippen LogP) is -0.0315. The van der Waals surface area contributed by atoms with E-state index in [9.17, 15) is 9.59 Å². The van der Waals surface area contributed by atoms with Gasteiger partial charge in [-0.15, -0.1) is 0 Å². The van der Waals surface area contributed by atoms with E-state index in [1.54, 1.807) is 6.08 Å². The number of fused-ring (bicyclic) bond motifs is 2. The molecule has 13 heavy (non-hydrogen) atoms. The number of ketones is 1. The number of esters is 1. The fourth-order valence-corrected chi connectivity index (χ4v) is 2.08. The number of hydrogen-bond donors (Lipinski definition) is 0. The number of rotatable bonds is 0. The molecule has 2 saturated heterocycles. The third kappa shape index (κ3) is 0.785. The Hall–Kier alpha value is -1.16. The second kappa shape index (κ2) is 2.01. The standard InChI is InChI=1S/C9H8O4/c10-6-2-1-5-8(12-5)9(6)4-3-7(11)13-9/h1-2,5,8H,3-4H2/t5-,8-,9+/m0/s1. The van der Waals surface area contributed by atoms with Crippen molar-refractivity contribution in [2.45, 2.75) is 30.7 Å². The van der Waals surface area contributed by atoms with E-state index < -0.39 is 5.60 Å². The highest BCUT2D eigenvalue weighted by Gasteiger charge is 2.64. The predicted molar refractivity (Wildman–Crippen MR) is 40.9 cm³/mol. The van der Waals surface area contributed by atoms with E-state index in [-0.39, 0.29) is 24.0 Å². The van der Waals surface area contributed by atoms with E-state index >= 15 is 0 Å². The van der Waals surface area contributed by atoms with Crippen molar-refractivity contribution in [1.82, 2.24) is 0 Å². The number of carbonyl (C=O) groups excluding carboxylic acids is 2. The molecule has 0 unspecified atom stereocenters. The summed E-state index contributed by atoms with van der Waals surface area (Å²) in [6.45, 7) is 0. The monoisotopic (exact) mass is 180 g/mol. The van der Waals surface area contributed by atoms with Crippen LogP contribution in [-0.2, 0) is 19.1 Å². The molecule has 2 heterocycles. The molecular formula is C9H8O4. The Bertz CT molecular complexity index is 333. The highest BCUT2D eigenvalue weighted by atomic mass is 16.6. The van der Waals surface area contributed by atoms with Crippen LogP contribution in [0, 0.1) is 0 Å². The quantitative estimate of drug-likeness (QED) is 0.388. The first kappa shape index (κ1) is 7.26. The second-order valence-corrected chi connectivity index (χ2v) is 3.61. The number of carbonyl (C=O) groups is 2. The molecule has 0 radical (unpaired) electrons. The Morgan fingerprint density at radius 2 is 2.31 bits per heavy atom. The van der Waals surface area contributed by atoms with Crippen LogP contribution < -0.4 is 0 Å². The largest absolute Gasteiger partial charge is 0.448 e. The van der Waals surface area contributed by atoms with Gasteiger partial charge in [-0.3, -0.25) is 9.59 Å². The number of ether oxygens (including phenoxy) is 2. The van der Waals surface area contributed by atoms with Crippen LogP contribution >= 0.6 is 0 Å². The Kier molecular flexibility index (Phi) is 1.12. The average molecular weight is 180 g/mol. The van der Waals surface area contributed by atoms with Crippen LogP contribution in [0.2, 0.25) is 0 Å². The zero-order valence-corrected chi connectivity index (χ0v) is 6.86. The molecule has 4 heteroatoms. The molecule has 3 atom stereocenters. The minimum Gasteiger partial charge on any atom is -0.448 e. The first-order chi connectivity index (χ1) is 6.22. The lowest BCUT2D eigenvalue weighted by molar-refractivity contribution is -0.157. The van der Waals surface area contributed by atoms with Crippen LogP contribution in [0.4, 0.5) is 0 Å². The van der Waals surface area contributed by atoms with Gasteiger partial charge in [-0.25, -0.2) is 0 Å². The van der Waals surface area contributed by atoms with Gasteiger partial charge in [0.15, 0.2) is 0 Å². The van der Waals surface area contributed by atoms with E-state index in [1.807, 2.05) is 0 Å². The van der Waals surface area contributed by atoms with E-state index in [1.165, 1.54) is 6.08 Å². The van der Waals surface area contributed by atoms with Gasteiger partial charge in [0.1, 0.15) is 12.2 Å². The van der Waals surface area contributed by atoms with Gasteiger partial charge in [-0.05, 0) is 12.2 Å². The van der Waals surface area contributed by atoms with Gasteiger partial charge in [0.05, 0.1) is 0 Å². The molecule has 68 valence electrons. The molecule has 1 aliphatic carbocycles. The van der Waals surface area contributed by atoms with Crippen LogP contribution in [0.3, 0.4) is 0 Å². The molecule has 0 aromatic rings. The fraction of sp³-hybridized carbons (Fsp3) is 0.556. The third-order valence-electron chi connectivity index (χ3n) is 2.84. The molecule has 2 fully saturated rings. The minimum atomic E-state index is -0.962. The molecule has 0 N–H and O–H groups in total. The van der Waals surface area contributed by atoms with Gasteiger partial charge in [0.2, 0.25) is 11.4 Å². The van der Waals surface area contributed by atoms with Crippen LogP contribution in [-0.4, -0.2) is 29.6 Å². The Morgan fingerprint density at radius 1 is 1.46 bits per heavy atom. The summed E-state index contributed by atoms with van der Waals surface area (Å²) in [4.78, 5) is 22.5. The Morgan fingerprint density at radius 3 is 3.00 bits per heavy atom. The van der Waals surface area contributed by atoms with Gasteiger partial charge in [-0.2, -0.15) is 0 Å². The van der Waals surface area contributed by atoms with Crippen molar-refractivity contribution in [3.63, 3.8) is 0 Å². The summed E-state index contributed by atoms with van der Waals surface area (Å²) in [5.41, 5.74) is -0.962. The first-order valence-electron chi connectivity index (χ1n) is 4.32. The van der Waals surface area contributed by atoms with Gasteiger partial charge in [-0.1, -0.05) is 0 Å². The second-order valence-electron chi connectivity index (χ2n) is 3.61. The topological polar surface area (TPSA) is 55.9 Å². The molecule has 4 nitrogen and oxygen atoms in total. The SMILES string of the molecule is O=C1CC[C@@]2(O1)C(=O)C=C[C@@H]1O[C@@H]12. The molecule has 3 aliphatic rings. The zero-order valence-electron chi connectivity index (χ0n) is 6.86. The molecule has 1 spiro atoms. The summed E-state index contributed by atoms with van der Waals surface area (Å²) >= 11 is 0. The van der Waals surface area contributed by atoms with E-state index in [0.717, 1.165) is 0 Å². The number of epoxide rings is 1. The number of hydrogen-bond acceptors (Lipinski definition) is 4. The van der Waals surface area contributed by atoms with Crippen molar-refractivity contribution >= 4 is 11.8 Å². The summed E-state index contributed by atoms with van der Waals surface area (Å²) in [5.74, 6) is -0.421. The molecule has 0 amide bonds. The van der Waals surface area contributed by atoms with Crippen LogP contribution in [0.5, 0.6) is 0 Å². The third-order valence-corrected chi connectivity index (χ3v) is 2.84. The van der Waals surface area contributed by atoms with Crippen molar-refractivity contribution in [3.05, 3.63) is 12.2 Å². The molecular weight excluding hydrogens is 172 g/mol. The maximum Gasteiger partial charge on any atom is 0.307 e. The molecule has 0 saturated carbocycles. The lowest BCUT2D eigenvalue weighted by Crippen LogP contribution is -2.45. The van der Waals surface area contributed by atoms with Gasteiger partial charge in [0, 0.05) is 12.8 Å². The maximum atomic E-state index is 11.6. The lowest BCUT2D eigenvalue weighted by Gasteiger charge is -2.24. The summed E-state index contributed by atoms with van der Waals surface area (Å²) in [6, 6.07) is 0. The molecule has 2 aliphatic heterocycles. The molecule has 0 aromatic heterocycles. The van der Waals surface area contributed by atoms with Gasteiger partial charge < -0.3 is 9.47 Å². The van der Waals surface area contributed by atoms with Crippen LogP contribution in [0.1, 0.15) is 12.8 Å². The Balaban J connectivity index is 2.01. The molecule has 0 bridgehead atoms. The van der Waals surface area contributed by atoms with Crippen LogP contribution in [0.15, 0.2) is 12.2 Å². The lowest BCUT2D eigenvalue weighted by atomic mass is 9.85. The summed E-state index contributed by atoms with van der Waals surface area (Å²) < 4.78 is 10.3.